The fourth-order valence-corrected chi connectivity index (χ4v) is 3.77. The van der Waals surface area contributed by atoms with E-state index in [1.165, 1.54) is 25.2 Å². The molecule has 0 amide bonds. The van der Waals surface area contributed by atoms with Crippen LogP contribution in [-0.2, 0) is 36.6 Å². The van der Waals surface area contributed by atoms with Crippen LogP contribution in [-0.4, -0.2) is 42.0 Å². The van der Waals surface area contributed by atoms with Crippen LogP contribution in [0, 0.1) is 0 Å². The second kappa shape index (κ2) is 13.8. The van der Waals surface area contributed by atoms with Crippen molar-refractivity contribution in [2.75, 3.05) is 17.8 Å². The number of anilines is 2. The Bertz CT molecular complexity index is 1450. The molecule has 0 saturated carbocycles. The summed E-state index contributed by atoms with van der Waals surface area (Å²) in [6.45, 7) is 0. The third-order valence-electron chi connectivity index (χ3n) is 4.57. The Morgan fingerprint density at radius 1 is 1.08 bits per heavy atom. The van der Waals surface area contributed by atoms with Crippen LogP contribution in [0.5, 0.6) is 5.75 Å². The summed E-state index contributed by atoms with van der Waals surface area (Å²) in [4.78, 5) is 11.3. The normalized spacial score (nSPS) is 11.7. The number of carbonyl (C=O) groups is 1. The number of phenols is 1. The molecule has 17 heteroatoms. The second-order valence-corrected chi connectivity index (χ2v) is 9.04. The molecule has 0 saturated heterocycles. The van der Waals surface area contributed by atoms with Crippen LogP contribution in [0.15, 0.2) is 85.8 Å². The maximum absolute atomic E-state index is 11.6. The van der Waals surface area contributed by atoms with Crippen LogP contribution in [0.2, 0.25) is 0 Å². The second-order valence-electron chi connectivity index (χ2n) is 6.89. The molecule has 0 atom stereocenters. The first-order valence-electron chi connectivity index (χ1n) is 9.96. The van der Waals surface area contributed by atoms with Crippen LogP contribution in [0.3, 0.4) is 0 Å². The van der Waals surface area contributed by atoms with Gasteiger partial charge in [0.05, 0.1) is 28.2 Å². The molecule has 14 nitrogen and oxygen atoms in total. The fourth-order valence-electron chi connectivity index (χ4n) is 2.85. The SMILES string of the molecule is CNc1cc(S(=O)(=O)[O-])cc(NN=C(N=Nc2cc(SOO[O-])ccc2C(=O)O)c2ccccc2)c1O.[Cu+]. The molecule has 0 aliphatic heterocycles. The first-order valence-corrected chi connectivity index (χ1v) is 12.1. The van der Waals surface area contributed by atoms with Gasteiger partial charge < -0.3 is 25.3 Å². The smallest absolute Gasteiger partial charge is 0.744 e. The van der Waals surface area contributed by atoms with Crippen molar-refractivity contribution in [2.45, 2.75) is 9.79 Å². The average molecular weight is 611 g/mol. The fraction of sp³-hybridized carbons (Fsp3) is 0.0476. The minimum Gasteiger partial charge on any atom is -0.744 e. The molecule has 0 spiro atoms. The number of rotatable bonds is 10. The van der Waals surface area contributed by atoms with E-state index in [9.17, 15) is 33.2 Å². The van der Waals surface area contributed by atoms with E-state index in [4.69, 9.17) is 0 Å². The number of hydrogen-bond donors (Lipinski definition) is 4. The van der Waals surface area contributed by atoms with Gasteiger partial charge in [0, 0.05) is 17.5 Å². The largest absolute Gasteiger partial charge is 1.00 e. The number of benzene rings is 3. The van der Waals surface area contributed by atoms with E-state index in [1.54, 1.807) is 30.3 Å². The summed E-state index contributed by atoms with van der Waals surface area (Å²) in [5.41, 5.74) is 2.25. The van der Waals surface area contributed by atoms with E-state index in [0.29, 0.717) is 17.6 Å². The molecule has 0 aliphatic carbocycles. The van der Waals surface area contributed by atoms with Crippen LogP contribution in [0.4, 0.5) is 17.1 Å². The predicted octanol–water partition coefficient (Wildman–Crippen LogP) is 2.82. The topological polar surface area (TPSA) is 217 Å². The summed E-state index contributed by atoms with van der Waals surface area (Å²) < 4.78 is 38.8. The molecule has 3 aromatic rings. The third-order valence-corrected chi connectivity index (χ3v) is 5.95. The van der Waals surface area contributed by atoms with E-state index in [-0.39, 0.29) is 50.4 Å². The number of carboxylic acids is 1. The number of aromatic carboxylic acids is 1. The molecule has 204 valence electrons. The molecular formula is C21H17CuN5O9S2-. The monoisotopic (exact) mass is 610 g/mol. The zero-order chi connectivity index (χ0) is 27.0. The predicted molar refractivity (Wildman–Crippen MR) is 128 cm³/mol. The maximum atomic E-state index is 11.6. The Morgan fingerprint density at radius 2 is 1.76 bits per heavy atom. The minimum atomic E-state index is -4.86. The maximum Gasteiger partial charge on any atom is 1.00 e. The van der Waals surface area contributed by atoms with E-state index in [0.717, 1.165) is 12.1 Å². The van der Waals surface area contributed by atoms with Gasteiger partial charge in [-0.1, -0.05) is 30.3 Å². The van der Waals surface area contributed by atoms with Crippen molar-refractivity contribution >= 4 is 51.0 Å². The first-order chi connectivity index (χ1) is 17.6. The van der Waals surface area contributed by atoms with Crippen molar-refractivity contribution in [1.82, 2.24) is 0 Å². The van der Waals surface area contributed by atoms with Gasteiger partial charge in [0.2, 0.25) is 5.84 Å². The Labute approximate surface area is 230 Å². The van der Waals surface area contributed by atoms with Crippen molar-refractivity contribution in [2.24, 2.45) is 15.3 Å². The Balaban J connectivity index is 0.00000507. The number of amidine groups is 1. The van der Waals surface area contributed by atoms with E-state index in [2.05, 4.69) is 35.4 Å². The molecule has 4 N–H and O–H groups in total. The van der Waals surface area contributed by atoms with Gasteiger partial charge in [0.15, 0.2) is 5.75 Å². The van der Waals surface area contributed by atoms with Crippen LogP contribution < -0.4 is 16.0 Å². The Morgan fingerprint density at radius 3 is 2.37 bits per heavy atom. The molecule has 3 aromatic carbocycles. The molecule has 0 fully saturated rings. The molecule has 0 heterocycles. The Hall–Kier alpha value is -3.54. The number of aromatic hydroxyl groups is 1. The number of azo groups is 1. The van der Waals surface area contributed by atoms with Crippen LogP contribution >= 0.6 is 12.0 Å². The summed E-state index contributed by atoms with van der Waals surface area (Å²) in [6, 6.07) is 14.0. The number of hydrazone groups is 1. The molecule has 0 radical (unpaired) electrons. The quantitative estimate of drug-likeness (QED) is 0.0300. The van der Waals surface area contributed by atoms with Crippen molar-refractivity contribution in [1.29, 1.82) is 0 Å². The summed E-state index contributed by atoms with van der Waals surface area (Å²) in [5.74, 6) is -1.83. The molecule has 0 bridgehead atoms. The Kier molecular flexibility index (Phi) is 11.2. The van der Waals surface area contributed by atoms with Gasteiger partial charge in [-0.05, 0) is 30.3 Å². The zero-order valence-corrected chi connectivity index (χ0v) is 21.6. The van der Waals surface area contributed by atoms with Gasteiger partial charge in [-0.15, -0.1) is 10.2 Å². The number of phenolic OH excluding ortho intramolecular Hbond substituents is 1. The summed E-state index contributed by atoms with van der Waals surface area (Å²) >= 11 is 0.521. The number of nitrogens with one attached hydrogen (secondary N) is 2. The standard InChI is InChI=1S/C21H19N5O9S2.Cu/c1-22-17-10-14(37(31,32)33)11-18(19(17)27)24-26-20(12-5-3-2-4-6-12)25-23-16-9-13(36-35-34-30)7-8-15(16)21(28)29;/h2-11,22,24,27,30H,1H3,(H,28,29)(H,31,32,33);/q;+1/p-2. The third kappa shape index (κ3) is 7.98. The van der Waals surface area contributed by atoms with E-state index >= 15 is 0 Å². The summed E-state index contributed by atoms with van der Waals surface area (Å²) in [5, 5.41) is 47.9. The first kappa shape index (κ1) is 30.7. The summed E-state index contributed by atoms with van der Waals surface area (Å²) in [7, 11) is -3.45. The summed E-state index contributed by atoms with van der Waals surface area (Å²) in [6.07, 6.45) is 0. The molecule has 0 unspecified atom stereocenters. The van der Waals surface area contributed by atoms with Crippen molar-refractivity contribution < 1.29 is 59.7 Å². The van der Waals surface area contributed by atoms with Crippen LogP contribution in [0.1, 0.15) is 15.9 Å². The van der Waals surface area contributed by atoms with Gasteiger partial charge in [-0.3, -0.25) is 10.5 Å². The molecular weight excluding hydrogens is 594 g/mol. The van der Waals surface area contributed by atoms with Gasteiger partial charge in [-0.2, -0.15) is 9.44 Å². The zero-order valence-electron chi connectivity index (χ0n) is 19.0. The van der Waals surface area contributed by atoms with E-state index < -0.39 is 26.7 Å². The molecule has 0 aliphatic rings. The number of carboxylic acid groups (broad SMARTS) is 1. The molecule has 38 heavy (non-hydrogen) atoms. The minimum absolute atomic E-state index is 0. The number of hydrogen-bond acceptors (Lipinski definition) is 13. The van der Waals surface area contributed by atoms with Crippen molar-refractivity contribution in [3.8, 4) is 5.75 Å². The van der Waals surface area contributed by atoms with Gasteiger partial charge in [0.25, 0.3) is 0 Å². The van der Waals surface area contributed by atoms with Gasteiger partial charge >= 0.3 is 23.0 Å². The van der Waals surface area contributed by atoms with Crippen molar-refractivity contribution in [3.05, 3.63) is 71.8 Å². The van der Waals surface area contributed by atoms with Crippen LogP contribution in [0.25, 0.3) is 0 Å². The number of nitrogens with zero attached hydrogens (tertiary/aromatic N) is 3. The van der Waals surface area contributed by atoms with Crippen molar-refractivity contribution in [3.63, 3.8) is 0 Å². The van der Waals surface area contributed by atoms with E-state index in [1.807, 2.05) is 0 Å². The van der Waals surface area contributed by atoms with Gasteiger partial charge in [-0.25, -0.2) is 13.2 Å². The molecule has 3 rings (SSSR count). The average Bonchev–Trinajstić information content (AvgIpc) is 2.88. The van der Waals surface area contributed by atoms with Gasteiger partial charge in [0.1, 0.15) is 21.5 Å². The molecule has 0 aromatic heterocycles.